The lowest BCUT2D eigenvalue weighted by Gasteiger charge is -2.29. The molecule has 1 aliphatic rings. The van der Waals surface area contributed by atoms with Crippen molar-refractivity contribution in [2.45, 2.75) is 11.4 Å². The summed E-state index contributed by atoms with van der Waals surface area (Å²) in [6, 6.07) is 8.93. The van der Waals surface area contributed by atoms with Crippen molar-refractivity contribution in [1.82, 2.24) is 4.31 Å². The number of carbonyl (C=O) groups excluding carboxylic acids is 1. The van der Waals surface area contributed by atoms with Crippen LogP contribution in [0.3, 0.4) is 0 Å². The smallest absolute Gasteiger partial charge is 0.306 e. The summed E-state index contributed by atoms with van der Waals surface area (Å²) < 4.78 is 27.1. The van der Waals surface area contributed by atoms with Gasteiger partial charge >= 0.3 is 6.03 Å². The molecule has 0 aromatic heterocycles. The molecular weight excluding hydrogens is 427 g/mol. The highest BCUT2D eigenvalue weighted by atomic mass is 79.9. The number of rotatable bonds is 2. The predicted molar refractivity (Wildman–Crippen MR) is 92.4 cm³/mol. The van der Waals surface area contributed by atoms with Gasteiger partial charge in [0.2, 0.25) is 0 Å². The molecule has 23 heavy (non-hydrogen) atoms. The number of carbonyl (C=O) groups is 1. The van der Waals surface area contributed by atoms with Gasteiger partial charge in [-0.2, -0.15) is 0 Å². The molecule has 0 fully saturated rings. The molecule has 0 unspecified atom stereocenters. The minimum atomic E-state index is -4.07. The van der Waals surface area contributed by atoms with E-state index < -0.39 is 16.1 Å². The first kappa shape index (κ1) is 16.6. The van der Waals surface area contributed by atoms with Crippen LogP contribution < -0.4 is 5.32 Å². The van der Waals surface area contributed by atoms with E-state index in [1.54, 1.807) is 24.3 Å². The second kappa shape index (κ2) is 5.98. The number of benzene rings is 2. The van der Waals surface area contributed by atoms with Gasteiger partial charge in [0.1, 0.15) is 4.90 Å². The molecule has 1 aliphatic heterocycles. The van der Waals surface area contributed by atoms with Gasteiger partial charge in [-0.05, 0) is 29.8 Å². The molecule has 2 aromatic carbocycles. The molecule has 1 heterocycles. The molecule has 0 spiro atoms. The van der Waals surface area contributed by atoms with Gasteiger partial charge in [-0.3, -0.25) is 0 Å². The second-order valence-electron chi connectivity index (χ2n) is 4.83. The van der Waals surface area contributed by atoms with Crippen LogP contribution in [0.25, 0.3) is 0 Å². The number of sulfonamides is 1. The van der Waals surface area contributed by atoms with E-state index in [4.69, 9.17) is 23.2 Å². The Labute approximate surface area is 151 Å². The van der Waals surface area contributed by atoms with Crippen molar-refractivity contribution in [3.63, 3.8) is 0 Å². The van der Waals surface area contributed by atoms with E-state index in [9.17, 15) is 13.2 Å². The van der Waals surface area contributed by atoms with Crippen LogP contribution in [-0.2, 0) is 16.6 Å². The fourth-order valence-electron chi connectivity index (χ4n) is 2.22. The quantitative estimate of drug-likeness (QED) is 0.755. The van der Waals surface area contributed by atoms with E-state index in [0.717, 1.165) is 8.78 Å². The molecule has 120 valence electrons. The van der Waals surface area contributed by atoms with E-state index >= 15 is 0 Å². The summed E-state index contributed by atoms with van der Waals surface area (Å²) in [4.78, 5) is 12.1. The van der Waals surface area contributed by atoms with Crippen molar-refractivity contribution in [2.24, 2.45) is 0 Å². The Kier molecular flexibility index (Phi) is 4.31. The number of urea groups is 1. The van der Waals surface area contributed by atoms with E-state index in [0.29, 0.717) is 5.56 Å². The van der Waals surface area contributed by atoms with E-state index in [1.807, 2.05) is 0 Å². The van der Waals surface area contributed by atoms with Gasteiger partial charge < -0.3 is 5.32 Å². The Hall–Kier alpha value is -1.28. The normalized spacial score (nSPS) is 16.0. The number of nitrogens with one attached hydrogen (secondary N) is 1. The molecule has 9 heteroatoms. The van der Waals surface area contributed by atoms with Gasteiger partial charge in [0, 0.05) is 9.50 Å². The number of amides is 2. The maximum absolute atomic E-state index is 12.7. The lowest BCUT2D eigenvalue weighted by atomic mass is 10.2. The third-order valence-electron chi connectivity index (χ3n) is 3.26. The third-order valence-corrected chi connectivity index (χ3v) is 6.25. The summed E-state index contributed by atoms with van der Waals surface area (Å²) in [7, 11) is -4.07. The summed E-state index contributed by atoms with van der Waals surface area (Å²) in [6.45, 7) is -0.0974. The molecule has 0 saturated carbocycles. The van der Waals surface area contributed by atoms with Crippen LogP contribution in [-0.4, -0.2) is 18.8 Å². The monoisotopic (exact) mass is 434 g/mol. The van der Waals surface area contributed by atoms with Crippen LogP contribution >= 0.6 is 39.1 Å². The Morgan fingerprint density at radius 2 is 1.78 bits per heavy atom. The van der Waals surface area contributed by atoms with Crippen LogP contribution in [0.4, 0.5) is 10.5 Å². The SMILES string of the molecule is O=C1Nc2cc(Cl)cc(Cl)c2S(=O)(=O)N1Cc1ccc(Br)cc1. The Morgan fingerprint density at radius 1 is 1.13 bits per heavy atom. The van der Waals surface area contributed by atoms with Crippen molar-refractivity contribution in [1.29, 1.82) is 0 Å². The van der Waals surface area contributed by atoms with Gasteiger partial charge in [-0.15, -0.1) is 0 Å². The number of halogens is 3. The standard InChI is InChI=1S/C14H9BrCl2N2O3S/c15-9-3-1-8(2-4-9)7-19-14(20)18-12-6-10(16)5-11(17)13(12)23(19,21)22/h1-6H,7H2,(H,18,20). The zero-order valence-electron chi connectivity index (χ0n) is 11.4. The van der Waals surface area contributed by atoms with Gasteiger partial charge in [0.25, 0.3) is 10.0 Å². The number of anilines is 1. The van der Waals surface area contributed by atoms with Crippen molar-refractivity contribution in [2.75, 3.05) is 5.32 Å². The number of hydrogen-bond acceptors (Lipinski definition) is 3. The number of hydrogen-bond donors (Lipinski definition) is 1. The molecule has 0 bridgehead atoms. The van der Waals surface area contributed by atoms with E-state index in [2.05, 4.69) is 21.2 Å². The van der Waals surface area contributed by atoms with Gasteiger partial charge in [0.15, 0.2) is 0 Å². The summed E-state index contributed by atoms with van der Waals surface area (Å²) in [5.41, 5.74) is 0.750. The summed E-state index contributed by atoms with van der Waals surface area (Å²) in [5.74, 6) is 0. The van der Waals surface area contributed by atoms with Crippen molar-refractivity contribution in [3.05, 3.63) is 56.5 Å². The molecule has 0 saturated heterocycles. The van der Waals surface area contributed by atoms with E-state index in [-0.39, 0.29) is 27.2 Å². The maximum Gasteiger partial charge on any atom is 0.336 e. The first-order chi connectivity index (χ1) is 10.8. The predicted octanol–water partition coefficient (Wildman–Crippen LogP) is 4.49. The van der Waals surface area contributed by atoms with Gasteiger partial charge in [-0.1, -0.05) is 51.3 Å². The van der Waals surface area contributed by atoms with Crippen LogP contribution in [0.15, 0.2) is 45.8 Å². The summed E-state index contributed by atoms with van der Waals surface area (Å²) in [6.07, 6.45) is 0. The van der Waals surface area contributed by atoms with Crippen molar-refractivity contribution in [3.8, 4) is 0 Å². The topological polar surface area (TPSA) is 66.5 Å². The first-order valence-electron chi connectivity index (χ1n) is 6.36. The molecule has 2 aromatic rings. The fraction of sp³-hybridized carbons (Fsp3) is 0.0714. The lowest BCUT2D eigenvalue weighted by Crippen LogP contribution is -2.43. The molecule has 0 radical (unpaired) electrons. The summed E-state index contributed by atoms with van der Waals surface area (Å²) in [5, 5.41) is 2.72. The van der Waals surface area contributed by atoms with Crippen molar-refractivity contribution < 1.29 is 13.2 Å². The van der Waals surface area contributed by atoms with Crippen LogP contribution in [0.1, 0.15) is 5.56 Å². The maximum atomic E-state index is 12.7. The lowest BCUT2D eigenvalue weighted by molar-refractivity contribution is 0.233. The number of fused-ring (bicyclic) bond motifs is 1. The summed E-state index contributed by atoms with van der Waals surface area (Å²) >= 11 is 15.2. The largest absolute Gasteiger partial charge is 0.336 e. The molecular formula is C14H9BrCl2N2O3S. The molecule has 0 atom stereocenters. The zero-order chi connectivity index (χ0) is 16.8. The van der Waals surface area contributed by atoms with Gasteiger partial charge in [0.05, 0.1) is 17.3 Å². The zero-order valence-corrected chi connectivity index (χ0v) is 15.3. The average molecular weight is 436 g/mol. The first-order valence-corrected chi connectivity index (χ1v) is 9.35. The minimum Gasteiger partial charge on any atom is -0.306 e. The molecule has 2 amide bonds. The van der Waals surface area contributed by atoms with Crippen molar-refractivity contribution >= 4 is 60.9 Å². The molecule has 1 N–H and O–H groups in total. The number of nitrogens with zero attached hydrogens (tertiary/aromatic N) is 1. The Morgan fingerprint density at radius 3 is 2.43 bits per heavy atom. The minimum absolute atomic E-state index is 0.0340. The second-order valence-corrected chi connectivity index (χ2v) is 8.39. The molecule has 0 aliphatic carbocycles. The molecule has 3 rings (SSSR count). The van der Waals surface area contributed by atoms with Gasteiger partial charge in [-0.25, -0.2) is 17.5 Å². The van der Waals surface area contributed by atoms with E-state index in [1.165, 1.54) is 12.1 Å². The Bertz CT molecular complexity index is 901. The fourth-order valence-corrected chi connectivity index (χ4v) is 4.77. The highest BCUT2D eigenvalue weighted by molar-refractivity contribution is 9.10. The van der Waals surface area contributed by atoms with Crippen LogP contribution in [0.2, 0.25) is 10.0 Å². The highest BCUT2D eigenvalue weighted by Gasteiger charge is 2.38. The Balaban J connectivity index is 2.06. The third kappa shape index (κ3) is 3.06. The molecule has 5 nitrogen and oxygen atoms in total. The average Bonchev–Trinajstić information content (AvgIpc) is 2.43. The van der Waals surface area contributed by atoms with Crippen LogP contribution in [0, 0.1) is 0 Å². The van der Waals surface area contributed by atoms with Crippen LogP contribution in [0.5, 0.6) is 0 Å². The highest BCUT2D eigenvalue weighted by Crippen LogP contribution is 2.38.